The van der Waals surface area contributed by atoms with E-state index >= 15 is 0 Å². The van der Waals surface area contributed by atoms with Crippen molar-refractivity contribution in [3.63, 3.8) is 0 Å². The number of rotatable bonds is 6. The second kappa shape index (κ2) is 6.07. The molecule has 2 aromatic heterocycles. The molecular weight excluding hydrogens is 218 g/mol. The molecule has 0 aromatic carbocycles. The summed E-state index contributed by atoms with van der Waals surface area (Å²) in [6.07, 6.45) is 4.88. The van der Waals surface area contributed by atoms with Crippen LogP contribution in [0.25, 0.3) is 5.82 Å². The molecule has 0 bridgehead atoms. The molecule has 0 saturated heterocycles. The molecule has 0 saturated carbocycles. The minimum absolute atomic E-state index is 0.693. The van der Waals surface area contributed by atoms with E-state index in [4.69, 9.17) is 4.74 Å². The van der Waals surface area contributed by atoms with Gasteiger partial charge in [-0.3, -0.25) is 0 Å². The lowest BCUT2D eigenvalue weighted by molar-refractivity contribution is 0.199. The van der Waals surface area contributed by atoms with Crippen molar-refractivity contribution >= 4 is 0 Å². The van der Waals surface area contributed by atoms with Crippen LogP contribution in [0.15, 0.2) is 31.0 Å². The van der Waals surface area contributed by atoms with Crippen molar-refractivity contribution in [1.29, 1.82) is 0 Å². The van der Waals surface area contributed by atoms with E-state index in [9.17, 15) is 0 Å². The second-order valence-corrected chi connectivity index (χ2v) is 3.50. The number of ether oxygens (including phenoxy) is 1. The molecular formula is C11H15N5O. The van der Waals surface area contributed by atoms with Crippen LogP contribution >= 0.6 is 0 Å². The van der Waals surface area contributed by atoms with Gasteiger partial charge in [-0.25, -0.2) is 14.6 Å². The van der Waals surface area contributed by atoms with Crippen LogP contribution in [0.3, 0.4) is 0 Å². The maximum Gasteiger partial charge on any atom is 0.159 e. The van der Waals surface area contributed by atoms with Crippen LogP contribution < -0.4 is 5.32 Å². The van der Waals surface area contributed by atoms with Crippen LogP contribution in [0, 0.1) is 0 Å². The lowest BCUT2D eigenvalue weighted by Crippen LogP contribution is -2.20. The quantitative estimate of drug-likeness (QED) is 0.731. The Balaban J connectivity index is 2.06. The van der Waals surface area contributed by atoms with E-state index in [2.05, 4.69) is 20.4 Å². The molecule has 0 spiro atoms. The normalized spacial score (nSPS) is 10.6. The highest BCUT2D eigenvalue weighted by Crippen LogP contribution is 2.08. The molecule has 2 heterocycles. The average molecular weight is 233 g/mol. The lowest BCUT2D eigenvalue weighted by Gasteiger charge is -2.08. The molecule has 2 aromatic rings. The second-order valence-electron chi connectivity index (χ2n) is 3.50. The Kier molecular flexibility index (Phi) is 4.17. The summed E-state index contributed by atoms with van der Waals surface area (Å²) >= 11 is 0. The van der Waals surface area contributed by atoms with Crippen molar-refractivity contribution in [2.45, 2.75) is 6.54 Å². The summed E-state index contributed by atoms with van der Waals surface area (Å²) in [6, 6.07) is 3.93. The van der Waals surface area contributed by atoms with Crippen molar-refractivity contribution in [3.05, 3.63) is 36.5 Å². The Labute approximate surface area is 99.7 Å². The summed E-state index contributed by atoms with van der Waals surface area (Å²) in [4.78, 5) is 8.23. The predicted molar refractivity (Wildman–Crippen MR) is 62.7 cm³/mol. The third-order valence-corrected chi connectivity index (χ3v) is 2.30. The first-order chi connectivity index (χ1) is 8.42. The molecule has 90 valence electrons. The molecule has 6 heteroatoms. The molecule has 0 radical (unpaired) electrons. The van der Waals surface area contributed by atoms with Gasteiger partial charge in [0.15, 0.2) is 5.82 Å². The van der Waals surface area contributed by atoms with E-state index in [0.29, 0.717) is 6.61 Å². The van der Waals surface area contributed by atoms with Gasteiger partial charge in [0.25, 0.3) is 0 Å². The number of aromatic nitrogens is 4. The number of hydrogen-bond donors (Lipinski definition) is 1. The fourth-order valence-corrected chi connectivity index (χ4v) is 1.49. The number of methoxy groups -OCH3 is 1. The highest BCUT2D eigenvalue weighted by molar-refractivity contribution is 5.31. The van der Waals surface area contributed by atoms with E-state index in [-0.39, 0.29) is 0 Å². The standard InChI is InChI=1S/C11H15N5O/c1-17-6-5-12-7-10-3-2-4-14-11(10)16-9-13-8-15-16/h2-4,8-9,12H,5-7H2,1H3. The first-order valence-corrected chi connectivity index (χ1v) is 5.40. The molecule has 17 heavy (non-hydrogen) atoms. The van der Waals surface area contributed by atoms with Gasteiger partial charge in [0.2, 0.25) is 0 Å². The number of pyridine rings is 1. The Hall–Kier alpha value is -1.79. The van der Waals surface area contributed by atoms with E-state index in [0.717, 1.165) is 24.5 Å². The van der Waals surface area contributed by atoms with Gasteiger partial charge >= 0.3 is 0 Å². The molecule has 0 amide bonds. The van der Waals surface area contributed by atoms with E-state index in [1.807, 2.05) is 12.1 Å². The first-order valence-electron chi connectivity index (χ1n) is 5.40. The smallest absolute Gasteiger partial charge is 0.159 e. The minimum atomic E-state index is 0.693. The van der Waals surface area contributed by atoms with Gasteiger partial charge in [0.05, 0.1) is 6.61 Å². The van der Waals surface area contributed by atoms with E-state index < -0.39 is 0 Å². The largest absolute Gasteiger partial charge is 0.383 e. The molecule has 0 unspecified atom stereocenters. The SMILES string of the molecule is COCCNCc1cccnc1-n1cncn1. The monoisotopic (exact) mass is 233 g/mol. The fraction of sp³-hybridized carbons (Fsp3) is 0.364. The highest BCUT2D eigenvalue weighted by Gasteiger charge is 2.05. The summed E-state index contributed by atoms with van der Waals surface area (Å²) in [5.41, 5.74) is 1.08. The molecule has 2 rings (SSSR count). The average Bonchev–Trinajstić information content (AvgIpc) is 2.89. The van der Waals surface area contributed by atoms with Crippen LogP contribution in [0.2, 0.25) is 0 Å². The summed E-state index contributed by atoms with van der Waals surface area (Å²) in [7, 11) is 1.69. The van der Waals surface area contributed by atoms with Crippen LogP contribution in [0.4, 0.5) is 0 Å². The van der Waals surface area contributed by atoms with E-state index in [1.165, 1.54) is 6.33 Å². The van der Waals surface area contributed by atoms with Gasteiger partial charge in [-0.15, -0.1) is 0 Å². The van der Waals surface area contributed by atoms with Crippen molar-refractivity contribution < 1.29 is 4.74 Å². The number of nitrogens with one attached hydrogen (secondary N) is 1. The minimum Gasteiger partial charge on any atom is -0.383 e. The Bertz CT molecular complexity index is 443. The summed E-state index contributed by atoms with van der Waals surface area (Å²) in [5.74, 6) is 0.801. The summed E-state index contributed by atoms with van der Waals surface area (Å²) < 4.78 is 6.64. The Morgan fingerprint density at radius 3 is 3.18 bits per heavy atom. The Morgan fingerprint density at radius 1 is 1.47 bits per heavy atom. The third-order valence-electron chi connectivity index (χ3n) is 2.30. The molecule has 0 aliphatic carbocycles. The third kappa shape index (κ3) is 3.08. The van der Waals surface area contributed by atoms with Gasteiger partial charge < -0.3 is 10.1 Å². The molecule has 0 atom stereocenters. The highest BCUT2D eigenvalue weighted by atomic mass is 16.5. The maximum atomic E-state index is 4.98. The van der Waals surface area contributed by atoms with Gasteiger partial charge in [-0.05, 0) is 6.07 Å². The van der Waals surface area contributed by atoms with Gasteiger partial charge in [-0.1, -0.05) is 6.07 Å². The molecule has 1 N–H and O–H groups in total. The molecule has 6 nitrogen and oxygen atoms in total. The van der Waals surface area contributed by atoms with Gasteiger partial charge in [-0.2, -0.15) is 5.10 Å². The molecule has 0 aliphatic rings. The number of nitrogens with zero attached hydrogens (tertiary/aromatic N) is 4. The fourth-order valence-electron chi connectivity index (χ4n) is 1.49. The summed E-state index contributed by atoms with van der Waals surface area (Å²) in [5, 5.41) is 7.36. The molecule has 0 aliphatic heterocycles. The maximum absolute atomic E-state index is 4.98. The number of hydrogen-bond acceptors (Lipinski definition) is 5. The van der Waals surface area contributed by atoms with Gasteiger partial charge in [0.1, 0.15) is 12.7 Å². The van der Waals surface area contributed by atoms with Crippen molar-refractivity contribution in [3.8, 4) is 5.82 Å². The first kappa shape index (κ1) is 11.7. The van der Waals surface area contributed by atoms with Gasteiger partial charge in [0, 0.05) is 32.0 Å². The van der Waals surface area contributed by atoms with Crippen molar-refractivity contribution in [1.82, 2.24) is 25.1 Å². The zero-order valence-electron chi connectivity index (χ0n) is 9.71. The van der Waals surface area contributed by atoms with Crippen LogP contribution in [0.1, 0.15) is 5.56 Å². The van der Waals surface area contributed by atoms with Crippen molar-refractivity contribution in [2.75, 3.05) is 20.3 Å². The van der Waals surface area contributed by atoms with Crippen LogP contribution in [-0.2, 0) is 11.3 Å². The Morgan fingerprint density at radius 2 is 2.41 bits per heavy atom. The van der Waals surface area contributed by atoms with Crippen LogP contribution in [0.5, 0.6) is 0 Å². The topological polar surface area (TPSA) is 64.9 Å². The summed E-state index contributed by atoms with van der Waals surface area (Å²) in [6.45, 7) is 2.23. The molecule has 0 fully saturated rings. The predicted octanol–water partition coefficient (Wildman–Crippen LogP) is 0.398. The van der Waals surface area contributed by atoms with Crippen molar-refractivity contribution in [2.24, 2.45) is 0 Å². The van der Waals surface area contributed by atoms with E-state index in [1.54, 1.807) is 24.3 Å². The zero-order chi connectivity index (χ0) is 11.9. The van der Waals surface area contributed by atoms with Crippen LogP contribution in [-0.4, -0.2) is 40.0 Å². The lowest BCUT2D eigenvalue weighted by atomic mass is 10.2. The zero-order valence-corrected chi connectivity index (χ0v) is 9.71.